The van der Waals surface area contributed by atoms with E-state index in [4.69, 9.17) is 0 Å². The van der Waals surface area contributed by atoms with E-state index in [2.05, 4.69) is 47.6 Å². The minimum absolute atomic E-state index is 0.0926. The van der Waals surface area contributed by atoms with Gasteiger partial charge in [-0.15, -0.1) is 0 Å². The third kappa shape index (κ3) is 1.64. The Kier molecular flexibility index (Phi) is 2.54. The highest BCUT2D eigenvalue weighted by Gasteiger charge is 2.34. The van der Waals surface area contributed by atoms with Crippen molar-refractivity contribution in [2.75, 3.05) is 17.3 Å². The zero-order valence-electron chi connectivity index (χ0n) is 11.1. The Morgan fingerprint density at radius 2 is 2.00 bits per heavy atom. The van der Waals surface area contributed by atoms with Crippen LogP contribution in [0.2, 0.25) is 0 Å². The maximum Gasteiger partial charge on any atom is 0.228 e. The topological polar surface area (TPSA) is 32.3 Å². The zero-order valence-corrected chi connectivity index (χ0v) is 11.9. The summed E-state index contributed by atoms with van der Waals surface area (Å²) < 4.78 is 0. The Labute approximate surface area is 122 Å². The first-order valence-electron chi connectivity index (χ1n) is 6.64. The molecule has 3 nitrogen and oxygen atoms in total. The van der Waals surface area contributed by atoms with E-state index in [0.29, 0.717) is 6.42 Å². The van der Waals surface area contributed by atoms with Gasteiger partial charge in [-0.25, -0.2) is 0 Å². The molecule has 0 bridgehead atoms. The molecule has 1 amide bonds. The summed E-state index contributed by atoms with van der Waals surface area (Å²) in [6.07, 6.45) is 0.491. The molecule has 2 aliphatic rings. The number of hydrogen-bond donors (Lipinski definition) is 1. The van der Waals surface area contributed by atoms with Crippen LogP contribution in [0.4, 0.5) is 11.4 Å². The molecule has 1 N–H and O–H groups in total. The number of carbonyl (C=O) groups is 1. The van der Waals surface area contributed by atoms with Crippen molar-refractivity contribution in [1.82, 2.24) is 0 Å². The summed E-state index contributed by atoms with van der Waals surface area (Å²) in [5, 5.41) is 3.21. The van der Waals surface area contributed by atoms with E-state index in [1.165, 1.54) is 16.1 Å². The maximum absolute atomic E-state index is 11.6. The summed E-state index contributed by atoms with van der Waals surface area (Å²) in [5.74, 6) is 0.0926. The minimum atomic E-state index is 0.0926. The Morgan fingerprint density at radius 1 is 1.20 bits per heavy atom. The molecule has 4 heteroatoms. The number of nitrogens with zero attached hydrogens (tertiary/aromatic N) is 1. The second-order valence-corrected chi connectivity index (χ2v) is 6.28. The first-order chi connectivity index (χ1) is 9.74. The van der Waals surface area contributed by atoms with Crippen LogP contribution in [0.1, 0.15) is 16.5 Å². The monoisotopic (exact) mass is 282 g/mol. The Bertz CT molecular complexity index is 699. The van der Waals surface area contributed by atoms with Gasteiger partial charge in [0.25, 0.3) is 0 Å². The van der Waals surface area contributed by atoms with Crippen LogP contribution in [0, 0.1) is 0 Å². The third-order valence-corrected chi connectivity index (χ3v) is 5.28. The summed E-state index contributed by atoms with van der Waals surface area (Å²) >= 11 is 1.85. The molecule has 0 saturated heterocycles. The maximum atomic E-state index is 11.6. The minimum Gasteiger partial charge on any atom is -0.357 e. The molecule has 0 radical (unpaired) electrons. The molecule has 0 saturated carbocycles. The highest BCUT2D eigenvalue weighted by molar-refractivity contribution is 8.00. The summed E-state index contributed by atoms with van der Waals surface area (Å²) in [5.41, 5.74) is 4.61. The average Bonchev–Trinajstić information content (AvgIpc) is 2.99. The molecule has 20 heavy (non-hydrogen) atoms. The fourth-order valence-corrected chi connectivity index (χ4v) is 4.30. The summed E-state index contributed by atoms with van der Waals surface area (Å²) in [7, 11) is 2.11. The van der Waals surface area contributed by atoms with Crippen molar-refractivity contribution in [1.29, 1.82) is 0 Å². The van der Waals surface area contributed by atoms with Gasteiger partial charge < -0.3 is 10.2 Å². The fourth-order valence-electron chi connectivity index (χ4n) is 2.97. The van der Waals surface area contributed by atoms with Crippen LogP contribution in [-0.2, 0) is 11.2 Å². The van der Waals surface area contributed by atoms with E-state index in [-0.39, 0.29) is 11.3 Å². The summed E-state index contributed by atoms with van der Waals surface area (Å²) in [6, 6.07) is 14.6. The van der Waals surface area contributed by atoms with E-state index < -0.39 is 0 Å². The summed E-state index contributed by atoms with van der Waals surface area (Å²) in [6.45, 7) is 0. The van der Waals surface area contributed by atoms with Gasteiger partial charge in [0, 0.05) is 23.2 Å². The van der Waals surface area contributed by atoms with Crippen molar-refractivity contribution in [3.05, 3.63) is 53.6 Å². The molecule has 100 valence electrons. The van der Waals surface area contributed by atoms with Crippen LogP contribution in [0.15, 0.2) is 47.4 Å². The van der Waals surface area contributed by atoms with E-state index in [1.807, 2.05) is 23.9 Å². The molecule has 0 spiro atoms. The van der Waals surface area contributed by atoms with Gasteiger partial charge in [-0.05, 0) is 17.7 Å². The van der Waals surface area contributed by atoms with Gasteiger partial charge in [0.1, 0.15) is 5.37 Å². The van der Waals surface area contributed by atoms with E-state index in [0.717, 1.165) is 11.3 Å². The van der Waals surface area contributed by atoms with Crippen LogP contribution in [-0.4, -0.2) is 13.0 Å². The third-order valence-electron chi connectivity index (χ3n) is 3.88. The summed E-state index contributed by atoms with van der Waals surface area (Å²) in [4.78, 5) is 15.2. The normalized spacial score (nSPS) is 19.8. The molecule has 4 rings (SSSR count). The fraction of sp³-hybridized carbons (Fsp3) is 0.188. The quantitative estimate of drug-likeness (QED) is 0.870. The van der Waals surface area contributed by atoms with Gasteiger partial charge in [0.15, 0.2) is 0 Å². The number of hydrogen-bond acceptors (Lipinski definition) is 3. The predicted molar refractivity (Wildman–Crippen MR) is 82.2 cm³/mol. The van der Waals surface area contributed by atoms with E-state index >= 15 is 0 Å². The number of benzene rings is 2. The van der Waals surface area contributed by atoms with E-state index in [1.54, 1.807) is 0 Å². The first kappa shape index (κ1) is 11.9. The molecular formula is C16H14N2OS. The van der Waals surface area contributed by atoms with Crippen LogP contribution in [0.5, 0.6) is 0 Å². The highest BCUT2D eigenvalue weighted by atomic mass is 32.2. The molecule has 0 fully saturated rings. The van der Waals surface area contributed by atoms with Crippen molar-refractivity contribution >= 4 is 29.0 Å². The zero-order chi connectivity index (χ0) is 13.7. The first-order valence-corrected chi connectivity index (χ1v) is 7.52. The lowest BCUT2D eigenvalue weighted by Crippen LogP contribution is -2.18. The number of fused-ring (bicyclic) bond motifs is 3. The van der Waals surface area contributed by atoms with Crippen molar-refractivity contribution in [2.45, 2.75) is 16.7 Å². The van der Waals surface area contributed by atoms with Crippen molar-refractivity contribution in [3.8, 4) is 0 Å². The lowest BCUT2D eigenvalue weighted by atomic mass is 10.1. The number of nitrogens with one attached hydrogen (secondary N) is 1. The predicted octanol–water partition coefficient (Wildman–Crippen LogP) is 3.42. The Hall–Kier alpha value is -1.94. The molecule has 2 aromatic rings. The number of rotatable bonds is 1. The molecule has 2 aliphatic heterocycles. The van der Waals surface area contributed by atoms with Crippen LogP contribution >= 0.6 is 11.8 Å². The molecule has 1 atom stereocenters. The van der Waals surface area contributed by atoms with Crippen LogP contribution in [0.25, 0.3) is 0 Å². The Balaban J connectivity index is 1.79. The van der Waals surface area contributed by atoms with Gasteiger partial charge in [0.2, 0.25) is 5.91 Å². The Morgan fingerprint density at radius 3 is 2.80 bits per heavy atom. The van der Waals surface area contributed by atoms with Crippen molar-refractivity contribution in [2.24, 2.45) is 0 Å². The number of thioether (sulfide) groups is 1. The average molecular weight is 282 g/mol. The molecule has 0 aromatic heterocycles. The smallest absolute Gasteiger partial charge is 0.228 e. The van der Waals surface area contributed by atoms with Gasteiger partial charge in [-0.1, -0.05) is 42.1 Å². The van der Waals surface area contributed by atoms with Gasteiger partial charge in [-0.2, -0.15) is 0 Å². The van der Waals surface area contributed by atoms with Gasteiger partial charge in [0.05, 0.1) is 12.1 Å². The number of carbonyl (C=O) groups excluding carboxylic acids is 1. The largest absolute Gasteiger partial charge is 0.357 e. The van der Waals surface area contributed by atoms with Gasteiger partial charge >= 0.3 is 0 Å². The number of anilines is 2. The van der Waals surface area contributed by atoms with Crippen LogP contribution in [0.3, 0.4) is 0 Å². The van der Waals surface area contributed by atoms with Gasteiger partial charge in [-0.3, -0.25) is 4.79 Å². The second kappa shape index (κ2) is 4.28. The molecule has 2 aromatic carbocycles. The van der Waals surface area contributed by atoms with Crippen molar-refractivity contribution < 1.29 is 4.79 Å². The van der Waals surface area contributed by atoms with E-state index in [9.17, 15) is 4.79 Å². The SMILES string of the molecule is CN1c2c(ccc3c2CC(=O)N3)SC1c1ccccc1. The van der Waals surface area contributed by atoms with Crippen LogP contribution < -0.4 is 10.2 Å². The lowest BCUT2D eigenvalue weighted by Gasteiger charge is -2.23. The van der Waals surface area contributed by atoms with Crippen molar-refractivity contribution in [3.63, 3.8) is 0 Å². The molecular weight excluding hydrogens is 268 g/mol. The lowest BCUT2D eigenvalue weighted by molar-refractivity contribution is -0.115. The number of amides is 1. The highest BCUT2D eigenvalue weighted by Crippen LogP contribution is 2.53. The second-order valence-electron chi connectivity index (χ2n) is 5.16. The molecule has 0 aliphatic carbocycles. The molecule has 2 heterocycles. The molecule has 1 unspecified atom stereocenters. The standard InChI is InChI=1S/C16H14N2OS/c1-18-15-11-9-14(19)17-12(11)7-8-13(15)20-16(18)10-5-3-2-4-6-10/h2-8,16H,9H2,1H3,(H,17,19).